The first-order valence-corrected chi connectivity index (χ1v) is 10.3. The zero-order valence-corrected chi connectivity index (χ0v) is 19.6. The van der Waals surface area contributed by atoms with Gasteiger partial charge in [-0.1, -0.05) is 45.0 Å². The number of nitrogens with zero attached hydrogens (tertiary/aromatic N) is 4. The lowest BCUT2D eigenvalue weighted by atomic mass is 9.86. The van der Waals surface area contributed by atoms with Gasteiger partial charge in [-0.2, -0.15) is 15.6 Å². The van der Waals surface area contributed by atoms with Gasteiger partial charge in [0.05, 0.1) is 11.1 Å². The molecule has 6 nitrogen and oxygen atoms in total. The molecule has 0 radical (unpaired) electrons. The Morgan fingerprint density at radius 2 is 1.68 bits per heavy atom. The average Bonchev–Trinajstić information content (AvgIpc) is 3.01. The molecule has 0 atom stereocenters. The minimum absolute atomic E-state index is 0.0392. The number of nitriles is 2. The average molecular weight is 419 g/mol. The molecular weight excluding hydrogens is 388 g/mol. The molecule has 0 saturated carbocycles. The maximum atomic E-state index is 12.8. The molecule has 0 bridgehead atoms. The molecule has 6 heteroatoms. The normalized spacial score (nSPS) is 12.6. The van der Waals surface area contributed by atoms with Crippen molar-refractivity contribution >= 4 is 17.3 Å². The van der Waals surface area contributed by atoms with Crippen molar-refractivity contribution in [2.75, 3.05) is 0 Å². The first kappa shape index (κ1) is 23.9. The molecule has 2 rings (SSSR count). The minimum atomic E-state index is -0.791. The lowest BCUT2D eigenvalue weighted by Gasteiger charge is -2.21. The van der Waals surface area contributed by atoms with Crippen LogP contribution in [0.25, 0.3) is 11.3 Å². The van der Waals surface area contributed by atoms with Gasteiger partial charge in [-0.15, -0.1) is 0 Å². The number of hydrogen-bond donors (Lipinski definition) is 0. The van der Waals surface area contributed by atoms with Crippen LogP contribution >= 0.6 is 0 Å². The van der Waals surface area contributed by atoms with Gasteiger partial charge in [0.25, 0.3) is 0 Å². The molecule has 162 valence electrons. The van der Waals surface area contributed by atoms with E-state index in [0.29, 0.717) is 23.5 Å². The molecule has 1 aromatic heterocycles. The maximum Gasteiger partial charge on any atom is 0.316 e. The highest BCUT2D eigenvalue weighted by molar-refractivity contribution is 5.98. The number of aryl methyl sites for hydroxylation is 2. The highest BCUT2D eigenvalue weighted by Crippen LogP contribution is 2.34. The third kappa shape index (κ3) is 5.03. The van der Waals surface area contributed by atoms with Crippen molar-refractivity contribution < 1.29 is 9.53 Å². The minimum Gasteiger partial charge on any atom is -0.422 e. The van der Waals surface area contributed by atoms with E-state index in [4.69, 9.17) is 4.74 Å². The van der Waals surface area contributed by atoms with Crippen molar-refractivity contribution in [3.63, 3.8) is 0 Å². The van der Waals surface area contributed by atoms with E-state index in [2.05, 4.69) is 38.0 Å². The van der Waals surface area contributed by atoms with Crippen LogP contribution in [0, 0.1) is 35.0 Å². The fourth-order valence-electron chi connectivity index (χ4n) is 3.02. The summed E-state index contributed by atoms with van der Waals surface area (Å²) in [5.41, 5.74) is 2.23. The van der Waals surface area contributed by atoms with Crippen LogP contribution in [-0.4, -0.2) is 15.7 Å². The first-order chi connectivity index (χ1) is 14.3. The molecule has 0 N–H and O–H groups in total. The molecule has 0 aliphatic carbocycles. The van der Waals surface area contributed by atoms with Gasteiger partial charge in [0.15, 0.2) is 5.76 Å². The van der Waals surface area contributed by atoms with E-state index in [1.54, 1.807) is 32.4 Å². The molecule has 0 saturated heterocycles. The van der Waals surface area contributed by atoms with Gasteiger partial charge in [0.1, 0.15) is 29.0 Å². The Kier molecular flexibility index (Phi) is 6.76. The van der Waals surface area contributed by atoms with Gasteiger partial charge in [0, 0.05) is 6.54 Å². The summed E-state index contributed by atoms with van der Waals surface area (Å²) < 4.78 is 7.41. The highest BCUT2D eigenvalue weighted by Gasteiger charge is 2.30. The van der Waals surface area contributed by atoms with E-state index in [9.17, 15) is 15.3 Å². The Hall–Kier alpha value is -3.38. The van der Waals surface area contributed by atoms with Gasteiger partial charge < -0.3 is 4.74 Å². The number of ether oxygens (including phenoxy) is 1. The molecule has 0 aliphatic rings. The number of aromatic nitrogens is 2. The van der Waals surface area contributed by atoms with Crippen molar-refractivity contribution in [2.45, 2.75) is 67.3 Å². The van der Waals surface area contributed by atoms with Crippen LogP contribution in [-0.2, 0) is 21.5 Å². The van der Waals surface area contributed by atoms with Gasteiger partial charge in [-0.25, -0.2) is 0 Å². The van der Waals surface area contributed by atoms with E-state index in [0.717, 1.165) is 5.56 Å². The van der Waals surface area contributed by atoms with E-state index in [1.807, 2.05) is 31.2 Å². The summed E-state index contributed by atoms with van der Waals surface area (Å²) in [6, 6.07) is 12.0. The fraction of sp³-hybridized carbons (Fsp3) is 0.440. The van der Waals surface area contributed by atoms with Crippen LogP contribution in [0.15, 0.2) is 24.3 Å². The van der Waals surface area contributed by atoms with E-state index >= 15 is 0 Å². The van der Waals surface area contributed by atoms with Crippen LogP contribution in [0.2, 0.25) is 0 Å². The second-order valence-corrected chi connectivity index (χ2v) is 9.52. The zero-order valence-electron chi connectivity index (χ0n) is 19.6. The predicted molar refractivity (Wildman–Crippen MR) is 120 cm³/mol. The number of esters is 1. The lowest BCUT2D eigenvalue weighted by Crippen LogP contribution is -2.23. The standard InChI is InChI=1S/C25H30N4O2/c1-9-29-21(19(14-26)16(2)28-29)22(31-23(30)25(6,7)8)20(15-27)17-10-12-18(13-11-17)24(3,4)5/h10-13H,9H2,1-8H3/b22-20-. The first-order valence-electron chi connectivity index (χ1n) is 10.3. The van der Waals surface area contributed by atoms with Gasteiger partial charge in [0.2, 0.25) is 0 Å². The Morgan fingerprint density at radius 1 is 1.10 bits per heavy atom. The molecule has 0 fully saturated rings. The number of carbonyl (C=O) groups is 1. The third-order valence-corrected chi connectivity index (χ3v) is 4.94. The molecule has 2 aromatic rings. The van der Waals surface area contributed by atoms with Crippen molar-refractivity contribution in [3.05, 3.63) is 52.3 Å². The summed E-state index contributed by atoms with van der Waals surface area (Å²) in [5.74, 6) is -0.433. The van der Waals surface area contributed by atoms with Crippen molar-refractivity contribution in [1.29, 1.82) is 10.5 Å². The Balaban J connectivity index is 2.83. The zero-order chi connectivity index (χ0) is 23.6. The number of rotatable bonds is 4. The number of hydrogen-bond acceptors (Lipinski definition) is 5. The van der Waals surface area contributed by atoms with E-state index in [1.165, 1.54) is 0 Å². The summed E-state index contributed by atoms with van der Waals surface area (Å²) in [5, 5.41) is 24.2. The summed E-state index contributed by atoms with van der Waals surface area (Å²) in [6.45, 7) is 15.6. The quantitative estimate of drug-likeness (QED) is 0.378. The Bertz CT molecular complexity index is 1090. The highest BCUT2D eigenvalue weighted by atomic mass is 16.5. The summed E-state index contributed by atoms with van der Waals surface area (Å²) in [4.78, 5) is 12.8. The smallest absolute Gasteiger partial charge is 0.316 e. The number of carbonyl (C=O) groups excluding carboxylic acids is 1. The second kappa shape index (κ2) is 8.78. The molecule has 0 amide bonds. The summed E-state index contributed by atoms with van der Waals surface area (Å²) >= 11 is 0. The maximum absolute atomic E-state index is 12.8. The monoisotopic (exact) mass is 418 g/mol. The Morgan fingerprint density at radius 3 is 2.10 bits per heavy atom. The van der Waals surface area contributed by atoms with Crippen LogP contribution in [0.5, 0.6) is 0 Å². The lowest BCUT2D eigenvalue weighted by molar-refractivity contribution is -0.145. The van der Waals surface area contributed by atoms with Crippen molar-refractivity contribution in [3.8, 4) is 12.1 Å². The van der Waals surface area contributed by atoms with Crippen LogP contribution < -0.4 is 0 Å². The number of allylic oxidation sites excluding steroid dienone is 1. The largest absolute Gasteiger partial charge is 0.422 e. The van der Waals surface area contributed by atoms with Crippen molar-refractivity contribution in [2.24, 2.45) is 5.41 Å². The molecule has 1 aromatic carbocycles. The predicted octanol–water partition coefficient (Wildman–Crippen LogP) is 5.36. The van der Waals surface area contributed by atoms with Crippen LogP contribution in [0.4, 0.5) is 0 Å². The van der Waals surface area contributed by atoms with Gasteiger partial charge in [-0.05, 0) is 51.2 Å². The molecule has 0 aliphatic heterocycles. The van der Waals surface area contributed by atoms with Crippen LogP contribution in [0.1, 0.15) is 76.5 Å². The third-order valence-electron chi connectivity index (χ3n) is 4.94. The van der Waals surface area contributed by atoms with Gasteiger partial charge in [-0.3, -0.25) is 9.48 Å². The van der Waals surface area contributed by atoms with E-state index in [-0.39, 0.29) is 22.3 Å². The van der Waals surface area contributed by atoms with E-state index < -0.39 is 11.4 Å². The van der Waals surface area contributed by atoms with Gasteiger partial charge >= 0.3 is 5.97 Å². The number of benzene rings is 1. The van der Waals surface area contributed by atoms with Crippen LogP contribution in [0.3, 0.4) is 0 Å². The van der Waals surface area contributed by atoms with Crippen molar-refractivity contribution in [1.82, 2.24) is 9.78 Å². The molecule has 0 spiro atoms. The molecule has 0 unspecified atom stereocenters. The molecule has 31 heavy (non-hydrogen) atoms. The fourth-order valence-corrected chi connectivity index (χ4v) is 3.02. The molecule has 1 heterocycles. The Labute approximate surface area is 184 Å². The topological polar surface area (TPSA) is 91.7 Å². The summed E-state index contributed by atoms with van der Waals surface area (Å²) in [6.07, 6.45) is 0. The second-order valence-electron chi connectivity index (χ2n) is 9.52. The molecular formula is C25H30N4O2. The summed E-state index contributed by atoms with van der Waals surface area (Å²) in [7, 11) is 0. The SMILES string of the molecule is CCn1nc(C)c(C#N)c1/C(OC(=O)C(C)(C)C)=C(\C#N)c1ccc(C(C)(C)C)cc1.